The molecule has 0 unspecified atom stereocenters. The Morgan fingerprint density at radius 2 is 1.93 bits per heavy atom. The highest BCUT2D eigenvalue weighted by atomic mass is 35.5. The van der Waals surface area contributed by atoms with Gasteiger partial charge in [-0.3, -0.25) is 4.79 Å². The third-order valence-electron chi connectivity index (χ3n) is 4.65. The van der Waals surface area contributed by atoms with E-state index in [0.717, 1.165) is 15.8 Å². The number of anilines is 1. The first-order valence-corrected chi connectivity index (χ1v) is 9.54. The fourth-order valence-electron chi connectivity index (χ4n) is 2.91. The minimum absolute atomic E-state index is 0.181. The molecule has 4 rings (SSSR count). The Morgan fingerprint density at radius 3 is 2.70 bits per heavy atom. The fourth-order valence-corrected chi connectivity index (χ4v) is 3.04. The summed E-state index contributed by atoms with van der Waals surface area (Å²) in [4.78, 5) is 29.2. The number of aryl methyl sites for hydroxylation is 1. The number of nitrogens with one attached hydrogen (secondary N) is 1. The van der Waals surface area contributed by atoms with Crippen molar-refractivity contribution in [3.63, 3.8) is 0 Å². The van der Waals surface area contributed by atoms with E-state index in [4.69, 9.17) is 16.3 Å². The van der Waals surface area contributed by atoms with Gasteiger partial charge in [0.15, 0.2) is 0 Å². The van der Waals surface area contributed by atoms with Crippen LogP contribution in [0.3, 0.4) is 0 Å². The molecule has 1 N–H and O–H groups in total. The summed E-state index contributed by atoms with van der Waals surface area (Å²) in [5.74, 6) is 0.408. The zero-order valence-corrected chi connectivity index (χ0v) is 17.1. The van der Waals surface area contributed by atoms with Crippen LogP contribution in [0.2, 0.25) is 5.02 Å². The number of ether oxygens (including phenoxy) is 1. The Labute approximate surface area is 176 Å². The predicted octanol–water partition coefficient (Wildman–Crippen LogP) is 3.59. The van der Waals surface area contributed by atoms with Crippen molar-refractivity contribution < 1.29 is 9.53 Å². The van der Waals surface area contributed by atoms with Crippen LogP contribution in [0, 0.1) is 13.8 Å². The lowest BCUT2D eigenvalue weighted by atomic mass is 10.1. The summed E-state index contributed by atoms with van der Waals surface area (Å²) in [6.45, 7) is 3.66. The smallest absolute Gasteiger partial charge is 0.351 e. The number of aromatic nitrogens is 4. The van der Waals surface area contributed by atoms with Gasteiger partial charge < -0.3 is 10.1 Å². The summed E-state index contributed by atoms with van der Waals surface area (Å²) in [5, 5.41) is 7.52. The van der Waals surface area contributed by atoms with Gasteiger partial charge in [0.1, 0.15) is 12.3 Å². The second kappa shape index (κ2) is 8.00. The van der Waals surface area contributed by atoms with E-state index in [1.165, 1.54) is 16.8 Å². The largest absolute Gasteiger partial charge is 0.436 e. The van der Waals surface area contributed by atoms with E-state index in [9.17, 15) is 9.59 Å². The topological polar surface area (TPSA) is 90.5 Å². The van der Waals surface area contributed by atoms with Crippen molar-refractivity contribution in [3.05, 3.63) is 81.5 Å². The first kappa shape index (κ1) is 19.7. The van der Waals surface area contributed by atoms with Gasteiger partial charge in [-0.25, -0.2) is 18.9 Å². The van der Waals surface area contributed by atoms with Crippen LogP contribution in [0.4, 0.5) is 5.69 Å². The molecular formula is C21H18ClN5O3. The highest BCUT2D eigenvalue weighted by Gasteiger charge is 2.16. The van der Waals surface area contributed by atoms with E-state index >= 15 is 0 Å². The number of nitrogens with zero attached hydrogens (tertiary/aromatic N) is 4. The number of rotatable bonds is 5. The van der Waals surface area contributed by atoms with Gasteiger partial charge in [0.25, 0.3) is 5.88 Å². The van der Waals surface area contributed by atoms with E-state index in [0.29, 0.717) is 16.5 Å². The van der Waals surface area contributed by atoms with Crippen LogP contribution in [-0.2, 0) is 11.3 Å². The third-order valence-corrected chi connectivity index (χ3v) is 4.90. The maximum Gasteiger partial charge on any atom is 0.351 e. The molecule has 0 aliphatic carbocycles. The summed E-state index contributed by atoms with van der Waals surface area (Å²) in [6, 6.07) is 12.4. The van der Waals surface area contributed by atoms with Crippen molar-refractivity contribution in [2.24, 2.45) is 0 Å². The minimum Gasteiger partial charge on any atom is -0.436 e. The molecule has 0 aliphatic rings. The number of hydrogen-bond acceptors (Lipinski definition) is 5. The van der Waals surface area contributed by atoms with Gasteiger partial charge in [-0.2, -0.15) is 0 Å². The van der Waals surface area contributed by atoms with Gasteiger partial charge in [0, 0.05) is 23.1 Å². The van der Waals surface area contributed by atoms with E-state index in [-0.39, 0.29) is 18.1 Å². The molecule has 4 aromatic rings. The van der Waals surface area contributed by atoms with Gasteiger partial charge in [-0.15, -0.1) is 5.10 Å². The minimum atomic E-state index is -0.468. The number of carbonyl (C=O) groups excluding carboxylic acids is 1. The highest BCUT2D eigenvalue weighted by Crippen LogP contribution is 2.27. The maximum atomic E-state index is 12.7. The number of carbonyl (C=O) groups is 1. The Bertz CT molecular complexity index is 1290. The normalized spacial score (nSPS) is 10.9. The lowest BCUT2D eigenvalue weighted by Gasteiger charge is -2.09. The molecule has 0 fully saturated rings. The number of amides is 1. The van der Waals surface area contributed by atoms with Gasteiger partial charge in [-0.1, -0.05) is 23.7 Å². The van der Waals surface area contributed by atoms with Gasteiger partial charge in [-0.05, 0) is 55.3 Å². The Hall–Kier alpha value is -3.65. The van der Waals surface area contributed by atoms with Crippen LogP contribution in [0.25, 0.3) is 5.65 Å². The molecule has 8 nitrogen and oxygen atoms in total. The second-order valence-corrected chi connectivity index (χ2v) is 7.16. The van der Waals surface area contributed by atoms with Crippen molar-refractivity contribution in [3.8, 4) is 11.6 Å². The number of benzene rings is 2. The highest BCUT2D eigenvalue weighted by molar-refractivity contribution is 6.30. The molecule has 0 radical (unpaired) electrons. The summed E-state index contributed by atoms with van der Waals surface area (Å²) < 4.78 is 8.29. The van der Waals surface area contributed by atoms with Crippen molar-refractivity contribution in [1.29, 1.82) is 0 Å². The van der Waals surface area contributed by atoms with E-state index in [1.807, 2.05) is 32.0 Å². The molecule has 30 heavy (non-hydrogen) atoms. The van der Waals surface area contributed by atoms with Crippen molar-refractivity contribution >= 4 is 28.8 Å². The summed E-state index contributed by atoms with van der Waals surface area (Å²) >= 11 is 5.85. The van der Waals surface area contributed by atoms with Crippen LogP contribution in [0.1, 0.15) is 11.1 Å². The Balaban J connectivity index is 1.61. The van der Waals surface area contributed by atoms with Crippen molar-refractivity contribution in [1.82, 2.24) is 19.2 Å². The monoisotopic (exact) mass is 423 g/mol. The Kier molecular flexibility index (Phi) is 5.24. The lowest BCUT2D eigenvalue weighted by molar-refractivity contribution is -0.117. The molecular weight excluding hydrogens is 406 g/mol. The SMILES string of the molecule is Cc1cccc(Oc2nccn3c(=O)n(CC(=O)Nc4ccc(Cl)cc4)nc23)c1C. The summed E-state index contributed by atoms with van der Waals surface area (Å²) in [7, 11) is 0. The van der Waals surface area contributed by atoms with Crippen LogP contribution >= 0.6 is 11.6 Å². The Morgan fingerprint density at radius 1 is 1.17 bits per heavy atom. The van der Waals surface area contributed by atoms with Crippen LogP contribution in [-0.4, -0.2) is 25.1 Å². The first-order valence-electron chi connectivity index (χ1n) is 9.16. The molecule has 0 aliphatic heterocycles. The molecule has 2 aromatic heterocycles. The molecule has 0 atom stereocenters. The summed E-state index contributed by atoms with van der Waals surface area (Å²) in [5.41, 5.74) is 2.36. The molecule has 2 aromatic carbocycles. The molecule has 0 spiro atoms. The maximum absolute atomic E-state index is 12.7. The van der Waals surface area contributed by atoms with Gasteiger partial charge in [0.05, 0.1) is 0 Å². The third kappa shape index (κ3) is 3.90. The van der Waals surface area contributed by atoms with Crippen LogP contribution in [0.15, 0.2) is 59.7 Å². The average molecular weight is 424 g/mol. The average Bonchev–Trinajstić information content (AvgIpc) is 3.04. The van der Waals surface area contributed by atoms with Gasteiger partial charge in [0.2, 0.25) is 11.6 Å². The zero-order valence-electron chi connectivity index (χ0n) is 16.3. The van der Waals surface area contributed by atoms with E-state index in [2.05, 4.69) is 15.4 Å². The number of fused-ring (bicyclic) bond motifs is 1. The first-order chi connectivity index (χ1) is 14.4. The molecule has 1 amide bonds. The summed E-state index contributed by atoms with van der Waals surface area (Å²) in [6.07, 6.45) is 2.93. The fraction of sp³-hybridized carbons (Fsp3) is 0.143. The predicted molar refractivity (Wildman–Crippen MR) is 113 cm³/mol. The molecule has 2 heterocycles. The standard InChI is InChI=1S/C21H18ClN5O3/c1-13-4-3-5-17(14(13)2)30-20-19-25-27(21(29)26(19)11-10-23-20)12-18(28)24-16-8-6-15(22)7-9-16/h3-11H,12H2,1-2H3,(H,24,28). The molecule has 0 saturated carbocycles. The molecule has 9 heteroatoms. The van der Waals surface area contributed by atoms with Crippen molar-refractivity contribution in [2.75, 3.05) is 5.32 Å². The molecule has 0 saturated heterocycles. The van der Waals surface area contributed by atoms with Crippen LogP contribution < -0.4 is 15.7 Å². The van der Waals surface area contributed by atoms with E-state index in [1.54, 1.807) is 24.3 Å². The molecule has 0 bridgehead atoms. The number of hydrogen-bond donors (Lipinski definition) is 1. The quantitative estimate of drug-likeness (QED) is 0.529. The second-order valence-electron chi connectivity index (χ2n) is 6.72. The zero-order chi connectivity index (χ0) is 21.3. The van der Waals surface area contributed by atoms with Gasteiger partial charge >= 0.3 is 5.69 Å². The van der Waals surface area contributed by atoms with E-state index < -0.39 is 11.6 Å². The van der Waals surface area contributed by atoms with Crippen LogP contribution in [0.5, 0.6) is 11.6 Å². The number of halogens is 1. The molecule has 152 valence electrons. The lowest BCUT2D eigenvalue weighted by Crippen LogP contribution is -2.28. The van der Waals surface area contributed by atoms with Crippen molar-refractivity contribution in [2.45, 2.75) is 20.4 Å².